The van der Waals surface area contributed by atoms with Gasteiger partial charge in [-0.25, -0.2) is 12.8 Å². The van der Waals surface area contributed by atoms with E-state index in [9.17, 15) is 22.4 Å². The van der Waals surface area contributed by atoms with E-state index >= 15 is 0 Å². The summed E-state index contributed by atoms with van der Waals surface area (Å²) >= 11 is 0. The van der Waals surface area contributed by atoms with Gasteiger partial charge in [0, 0.05) is 13.1 Å². The van der Waals surface area contributed by atoms with E-state index < -0.39 is 34.3 Å². The summed E-state index contributed by atoms with van der Waals surface area (Å²) in [5.74, 6) is -1.37. The highest BCUT2D eigenvalue weighted by Crippen LogP contribution is 2.25. The summed E-state index contributed by atoms with van der Waals surface area (Å²) in [5, 5.41) is 2.92. The largest absolute Gasteiger partial charge is 0.354 e. The number of halogens is 1. The molecule has 1 unspecified atom stereocenters. The molecule has 0 fully saturated rings. The van der Waals surface area contributed by atoms with Crippen molar-refractivity contribution in [3.05, 3.63) is 95.3 Å². The van der Waals surface area contributed by atoms with Crippen LogP contribution in [0.4, 0.5) is 10.1 Å². The summed E-state index contributed by atoms with van der Waals surface area (Å²) < 4.78 is 42.2. The second-order valence-corrected chi connectivity index (χ2v) is 11.7. The Morgan fingerprint density at radius 2 is 1.45 bits per heavy atom. The second-order valence-electron chi connectivity index (χ2n) is 9.88. The summed E-state index contributed by atoms with van der Waals surface area (Å²) in [6, 6.07) is 18.1. The first-order valence-electron chi connectivity index (χ1n) is 13.5. The average molecular weight is 568 g/mol. The number of hydrogen-bond acceptors (Lipinski definition) is 4. The number of sulfonamides is 1. The summed E-state index contributed by atoms with van der Waals surface area (Å²) in [5.41, 5.74) is 3.09. The Kier molecular flexibility index (Phi) is 10.8. The van der Waals surface area contributed by atoms with Crippen LogP contribution in [0, 0.1) is 19.7 Å². The quantitative estimate of drug-likeness (QED) is 0.282. The number of hydrogen-bond donors (Lipinski definition) is 1. The molecule has 3 aromatic carbocycles. The summed E-state index contributed by atoms with van der Waals surface area (Å²) in [6.07, 6.45) is 2.08. The van der Waals surface area contributed by atoms with Gasteiger partial charge in [0.05, 0.1) is 10.6 Å². The van der Waals surface area contributed by atoms with Crippen molar-refractivity contribution in [1.82, 2.24) is 10.2 Å². The highest BCUT2D eigenvalue weighted by Gasteiger charge is 2.33. The van der Waals surface area contributed by atoms with Gasteiger partial charge in [-0.15, -0.1) is 0 Å². The molecule has 1 N–H and O–H groups in total. The van der Waals surface area contributed by atoms with Crippen LogP contribution in [0.15, 0.2) is 77.7 Å². The summed E-state index contributed by atoms with van der Waals surface area (Å²) in [7, 11) is -4.24. The molecule has 7 nitrogen and oxygen atoms in total. The molecule has 0 aromatic heterocycles. The van der Waals surface area contributed by atoms with Crippen molar-refractivity contribution in [1.29, 1.82) is 0 Å². The number of amides is 2. The van der Waals surface area contributed by atoms with E-state index in [1.807, 2.05) is 52.0 Å². The molecule has 0 aliphatic carbocycles. The first-order valence-corrected chi connectivity index (χ1v) is 15.0. The smallest absolute Gasteiger partial charge is 0.264 e. The number of nitrogens with zero attached hydrogens (tertiary/aromatic N) is 2. The normalized spacial score (nSPS) is 12.0. The third kappa shape index (κ3) is 7.91. The van der Waals surface area contributed by atoms with Crippen molar-refractivity contribution in [2.45, 2.75) is 64.4 Å². The molecule has 3 aromatic rings. The van der Waals surface area contributed by atoms with Crippen LogP contribution in [0.2, 0.25) is 0 Å². The summed E-state index contributed by atoms with van der Waals surface area (Å²) in [4.78, 5) is 28.5. The number of carbonyl (C=O) groups excluding carboxylic acids is 2. The maximum atomic E-state index is 14.0. The van der Waals surface area contributed by atoms with Gasteiger partial charge < -0.3 is 10.2 Å². The van der Waals surface area contributed by atoms with E-state index in [4.69, 9.17) is 0 Å². The Balaban J connectivity index is 2.02. The molecule has 1 atom stereocenters. The van der Waals surface area contributed by atoms with Crippen LogP contribution in [0.3, 0.4) is 0 Å². The molecule has 0 aliphatic heterocycles. The molecule has 0 bridgehead atoms. The minimum atomic E-state index is -4.24. The SMILES string of the molecule is CCCCNC(=O)C(CC)N(Cc1ccc(C)cc1)C(=O)CN(c1ccc(C)cc1)S(=O)(=O)c1ccc(F)cc1. The molecule has 2 amide bonds. The van der Waals surface area contributed by atoms with E-state index in [0.29, 0.717) is 18.7 Å². The minimum Gasteiger partial charge on any atom is -0.354 e. The Labute approximate surface area is 237 Å². The molecular weight excluding hydrogens is 529 g/mol. The second kappa shape index (κ2) is 14.1. The number of benzene rings is 3. The number of carbonyl (C=O) groups is 2. The first-order chi connectivity index (χ1) is 19.1. The van der Waals surface area contributed by atoms with Crippen LogP contribution in [-0.4, -0.2) is 44.3 Å². The average Bonchev–Trinajstić information content (AvgIpc) is 2.93. The fraction of sp³-hybridized carbons (Fsp3) is 0.355. The maximum absolute atomic E-state index is 14.0. The van der Waals surface area contributed by atoms with Crippen molar-refractivity contribution in [3.8, 4) is 0 Å². The Bertz CT molecular complexity index is 1380. The van der Waals surface area contributed by atoms with Crippen LogP contribution in [0.1, 0.15) is 49.8 Å². The van der Waals surface area contributed by atoms with Crippen molar-refractivity contribution < 1.29 is 22.4 Å². The third-order valence-corrected chi connectivity index (χ3v) is 8.48. The maximum Gasteiger partial charge on any atom is 0.264 e. The zero-order valence-electron chi connectivity index (χ0n) is 23.6. The standard InChI is InChI=1S/C31H38FN3O4S/c1-5-7-20-33-31(37)29(6-2)34(21-25-12-8-23(3)9-13-25)30(36)22-35(27-16-10-24(4)11-17-27)40(38,39)28-18-14-26(32)15-19-28/h8-19,29H,5-7,20-22H2,1-4H3,(H,33,37). The lowest BCUT2D eigenvalue weighted by molar-refractivity contribution is -0.140. The molecule has 9 heteroatoms. The molecule has 0 radical (unpaired) electrons. The zero-order chi connectivity index (χ0) is 29.3. The Hall–Kier alpha value is -3.72. The molecule has 0 saturated carbocycles. The molecule has 0 spiro atoms. The van der Waals surface area contributed by atoms with Crippen LogP contribution in [0.25, 0.3) is 0 Å². The molecule has 0 aliphatic rings. The molecule has 0 heterocycles. The Morgan fingerprint density at radius 1 is 0.875 bits per heavy atom. The van der Waals surface area contributed by atoms with Crippen LogP contribution >= 0.6 is 0 Å². The number of unbranched alkanes of at least 4 members (excludes halogenated alkanes) is 1. The highest BCUT2D eigenvalue weighted by atomic mass is 32.2. The van der Waals surface area contributed by atoms with Gasteiger partial charge in [-0.05, 0) is 68.7 Å². The third-order valence-electron chi connectivity index (χ3n) is 6.69. The van der Waals surface area contributed by atoms with Crippen molar-refractivity contribution in [3.63, 3.8) is 0 Å². The van der Waals surface area contributed by atoms with Crippen LogP contribution in [-0.2, 0) is 26.2 Å². The number of aryl methyl sites for hydroxylation is 2. The predicted molar refractivity (Wildman–Crippen MR) is 156 cm³/mol. The fourth-order valence-corrected chi connectivity index (χ4v) is 5.70. The van der Waals surface area contributed by atoms with Gasteiger partial charge in [0.15, 0.2) is 0 Å². The zero-order valence-corrected chi connectivity index (χ0v) is 24.4. The Morgan fingerprint density at radius 3 is 2.00 bits per heavy atom. The molecular formula is C31H38FN3O4S. The lowest BCUT2D eigenvalue weighted by Gasteiger charge is -2.33. The molecule has 0 saturated heterocycles. The number of anilines is 1. The van der Waals surface area contributed by atoms with E-state index in [0.717, 1.165) is 46.0 Å². The number of nitrogens with one attached hydrogen (secondary N) is 1. The van der Waals surface area contributed by atoms with Gasteiger partial charge in [0.1, 0.15) is 18.4 Å². The fourth-order valence-electron chi connectivity index (χ4n) is 4.29. The summed E-state index contributed by atoms with van der Waals surface area (Å²) in [6.45, 7) is 7.78. The van der Waals surface area contributed by atoms with E-state index in [1.54, 1.807) is 24.3 Å². The monoisotopic (exact) mass is 567 g/mol. The van der Waals surface area contributed by atoms with Crippen molar-refractivity contribution >= 4 is 27.5 Å². The first kappa shape index (κ1) is 30.8. The minimum absolute atomic E-state index is 0.136. The van der Waals surface area contributed by atoms with E-state index in [1.165, 1.54) is 17.0 Å². The van der Waals surface area contributed by atoms with E-state index in [-0.39, 0.29) is 17.3 Å². The molecule has 40 heavy (non-hydrogen) atoms. The topological polar surface area (TPSA) is 86.8 Å². The van der Waals surface area contributed by atoms with Gasteiger partial charge in [-0.2, -0.15) is 0 Å². The highest BCUT2D eigenvalue weighted by molar-refractivity contribution is 7.92. The molecule has 214 valence electrons. The van der Waals surface area contributed by atoms with Gasteiger partial charge in [0.25, 0.3) is 10.0 Å². The van der Waals surface area contributed by atoms with Crippen molar-refractivity contribution in [2.24, 2.45) is 0 Å². The van der Waals surface area contributed by atoms with E-state index in [2.05, 4.69) is 5.32 Å². The van der Waals surface area contributed by atoms with Crippen LogP contribution in [0.5, 0.6) is 0 Å². The van der Waals surface area contributed by atoms with Gasteiger partial charge in [0.2, 0.25) is 11.8 Å². The van der Waals surface area contributed by atoms with Gasteiger partial charge >= 0.3 is 0 Å². The lowest BCUT2D eigenvalue weighted by Crippen LogP contribution is -2.52. The molecule has 3 rings (SSSR count). The predicted octanol–water partition coefficient (Wildman–Crippen LogP) is 5.36. The van der Waals surface area contributed by atoms with Crippen LogP contribution < -0.4 is 9.62 Å². The van der Waals surface area contributed by atoms with Gasteiger partial charge in [-0.3, -0.25) is 13.9 Å². The van der Waals surface area contributed by atoms with Crippen molar-refractivity contribution in [2.75, 3.05) is 17.4 Å². The lowest BCUT2D eigenvalue weighted by atomic mass is 10.1. The van der Waals surface area contributed by atoms with Gasteiger partial charge in [-0.1, -0.05) is 67.8 Å². The number of rotatable bonds is 13.